The van der Waals surface area contributed by atoms with E-state index in [0.29, 0.717) is 11.1 Å². The number of hydrogen-bond donors (Lipinski definition) is 0. The third kappa shape index (κ3) is 2.40. The van der Waals surface area contributed by atoms with E-state index in [1.165, 1.54) is 0 Å². The summed E-state index contributed by atoms with van der Waals surface area (Å²) < 4.78 is 0. The summed E-state index contributed by atoms with van der Waals surface area (Å²) in [6, 6.07) is 12.9. The Balaban J connectivity index is 2.45. The van der Waals surface area contributed by atoms with E-state index in [1.807, 2.05) is 56.3 Å². The summed E-state index contributed by atoms with van der Waals surface area (Å²) in [6.45, 7) is 3.83. The van der Waals surface area contributed by atoms with Crippen molar-refractivity contribution in [3.63, 3.8) is 0 Å². The van der Waals surface area contributed by atoms with E-state index in [1.54, 1.807) is 0 Å². The van der Waals surface area contributed by atoms with Crippen LogP contribution in [-0.2, 0) is 0 Å². The molecule has 0 N–H and O–H groups in total. The quantitative estimate of drug-likeness (QED) is 0.724. The van der Waals surface area contributed by atoms with Gasteiger partial charge in [0.2, 0.25) is 0 Å². The molecule has 0 aromatic heterocycles. The van der Waals surface area contributed by atoms with Crippen LogP contribution < -0.4 is 0 Å². The maximum Gasteiger partial charge on any atom is 0.193 e. The summed E-state index contributed by atoms with van der Waals surface area (Å²) in [6.07, 6.45) is 0. The summed E-state index contributed by atoms with van der Waals surface area (Å²) in [7, 11) is 0. The van der Waals surface area contributed by atoms with Crippen molar-refractivity contribution in [1.82, 2.24) is 0 Å². The molecule has 0 heterocycles. The molecule has 2 aromatic carbocycles. The fraction of sp³-hybridized carbons (Fsp3) is 0.133. The van der Waals surface area contributed by atoms with E-state index in [2.05, 4.69) is 0 Å². The molecule has 2 aromatic rings. The minimum atomic E-state index is 0.0356. The normalized spacial score (nSPS) is 10.3. The predicted molar refractivity (Wildman–Crippen MR) is 70.8 cm³/mol. The lowest BCUT2D eigenvalue weighted by Crippen LogP contribution is -2.02. The molecule has 0 fully saturated rings. The fourth-order valence-electron chi connectivity index (χ4n) is 1.83. The van der Waals surface area contributed by atoms with Crippen molar-refractivity contribution in [2.75, 3.05) is 0 Å². The van der Waals surface area contributed by atoms with Crippen molar-refractivity contribution < 1.29 is 4.79 Å². The van der Waals surface area contributed by atoms with E-state index < -0.39 is 0 Å². The average molecular weight is 245 g/mol. The average Bonchev–Trinajstić information content (AvgIpc) is 2.35. The molecule has 86 valence electrons. The van der Waals surface area contributed by atoms with Crippen LogP contribution in [0.3, 0.4) is 0 Å². The van der Waals surface area contributed by atoms with Crippen molar-refractivity contribution >= 4 is 17.4 Å². The first kappa shape index (κ1) is 11.9. The summed E-state index contributed by atoms with van der Waals surface area (Å²) in [5.74, 6) is 0.0356. The Morgan fingerprint density at radius 3 is 2.00 bits per heavy atom. The van der Waals surface area contributed by atoms with Gasteiger partial charge < -0.3 is 0 Å². The van der Waals surface area contributed by atoms with Gasteiger partial charge in [-0.05, 0) is 37.1 Å². The van der Waals surface area contributed by atoms with Crippen LogP contribution in [0.15, 0.2) is 42.5 Å². The van der Waals surface area contributed by atoms with Gasteiger partial charge in [-0.2, -0.15) is 0 Å². The van der Waals surface area contributed by atoms with Crippen LogP contribution >= 0.6 is 11.6 Å². The third-order valence-electron chi connectivity index (χ3n) is 2.73. The number of carbonyl (C=O) groups excluding carboxylic acids is 1. The Bertz CT molecular complexity index is 535. The van der Waals surface area contributed by atoms with Gasteiger partial charge in [0, 0.05) is 16.1 Å². The van der Waals surface area contributed by atoms with Crippen LogP contribution in [0.4, 0.5) is 0 Å². The van der Waals surface area contributed by atoms with Gasteiger partial charge in [-0.1, -0.05) is 41.9 Å². The lowest BCUT2D eigenvalue weighted by atomic mass is 9.99. The zero-order chi connectivity index (χ0) is 12.4. The van der Waals surface area contributed by atoms with Crippen molar-refractivity contribution in [2.24, 2.45) is 0 Å². The standard InChI is InChI=1S/C15H13ClO/c1-10-8-13(9-11(2)14(10)16)15(17)12-6-4-3-5-7-12/h3-9H,1-2H3. The monoisotopic (exact) mass is 244 g/mol. The number of ketones is 1. The van der Waals surface area contributed by atoms with Crippen LogP contribution in [0.2, 0.25) is 5.02 Å². The van der Waals surface area contributed by atoms with Gasteiger partial charge in [-0.15, -0.1) is 0 Å². The van der Waals surface area contributed by atoms with E-state index in [9.17, 15) is 4.79 Å². The Hall–Kier alpha value is -1.60. The maximum absolute atomic E-state index is 12.2. The van der Waals surface area contributed by atoms with Gasteiger partial charge in [0.25, 0.3) is 0 Å². The van der Waals surface area contributed by atoms with E-state index in [4.69, 9.17) is 11.6 Å². The molecular weight excluding hydrogens is 232 g/mol. The van der Waals surface area contributed by atoms with Crippen LogP contribution in [0, 0.1) is 13.8 Å². The number of rotatable bonds is 2. The Morgan fingerprint density at radius 2 is 1.47 bits per heavy atom. The highest BCUT2D eigenvalue weighted by atomic mass is 35.5. The molecule has 0 bridgehead atoms. The number of aryl methyl sites for hydroxylation is 2. The number of carbonyl (C=O) groups is 1. The second-order valence-electron chi connectivity index (χ2n) is 4.12. The van der Waals surface area contributed by atoms with Gasteiger partial charge in [-0.3, -0.25) is 4.79 Å². The third-order valence-corrected chi connectivity index (χ3v) is 3.33. The van der Waals surface area contributed by atoms with Crippen LogP contribution in [0.5, 0.6) is 0 Å². The van der Waals surface area contributed by atoms with Crippen molar-refractivity contribution in [2.45, 2.75) is 13.8 Å². The summed E-state index contributed by atoms with van der Waals surface area (Å²) in [5.41, 5.74) is 3.26. The van der Waals surface area contributed by atoms with E-state index in [0.717, 1.165) is 16.1 Å². The largest absolute Gasteiger partial charge is 0.289 e. The van der Waals surface area contributed by atoms with Gasteiger partial charge >= 0.3 is 0 Å². The van der Waals surface area contributed by atoms with Crippen molar-refractivity contribution in [3.8, 4) is 0 Å². The molecule has 0 atom stereocenters. The first-order valence-electron chi connectivity index (χ1n) is 5.46. The van der Waals surface area contributed by atoms with Gasteiger partial charge in [0.1, 0.15) is 0 Å². The second-order valence-corrected chi connectivity index (χ2v) is 4.50. The SMILES string of the molecule is Cc1cc(C(=O)c2ccccc2)cc(C)c1Cl. The Kier molecular flexibility index (Phi) is 3.30. The molecule has 2 heteroatoms. The van der Waals surface area contributed by atoms with E-state index in [-0.39, 0.29) is 5.78 Å². The summed E-state index contributed by atoms with van der Waals surface area (Å²) >= 11 is 6.09. The predicted octanol–water partition coefficient (Wildman–Crippen LogP) is 4.19. The number of benzene rings is 2. The number of hydrogen-bond acceptors (Lipinski definition) is 1. The zero-order valence-corrected chi connectivity index (χ0v) is 10.6. The van der Waals surface area contributed by atoms with Crippen LogP contribution in [0.1, 0.15) is 27.0 Å². The lowest BCUT2D eigenvalue weighted by molar-refractivity contribution is 0.103. The molecule has 1 nitrogen and oxygen atoms in total. The molecule has 2 rings (SSSR count). The molecule has 17 heavy (non-hydrogen) atoms. The van der Waals surface area contributed by atoms with Crippen LogP contribution in [-0.4, -0.2) is 5.78 Å². The van der Waals surface area contributed by atoms with Gasteiger partial charge in [0.05, 0.1) is 0 Å². The Labute approximate surface area is 106 Å². The molecule has 0 aliphatic carbocycles. The molecule has 0 saturated carbocycles. The van der Waals surface area contributed by atoms with Gasteiger partial charge in [0.15, 0.2) is 5.78 Å². The van der Waals surface area contributed by atoms with Crippen LogP contribution in [0.25, 0.3) is 0 Å². The lowest BCUT2D eigenvalue weighted by Gasteiger charge is -2.07. The molecule has 0 amide bonds. The van der Waals surface area contributed by atoms with Gasteiger partial charge in [-0.25, -0.2) is 0 Å². The highest BCUT2D eigenvalue weighted by molar-refractivity contribution is 6.32. The highest BCUT2D eigenvalue weighted by Gasteiger charge is 2.11. The minimum absolute atomic E-state index is 0.0356. The summed E-state index contributed by atoms with van der Waals surface area (Å²) in [4.78, 5) is 12.2. The highest BCUT2D eigenvalue weighted by Crippen LogP contribution is 2.23. The smallest absolute Gasteiger partial charge is 0.193 e. The molecule has 0 radical (unpaired) electrons. The molecule has 0 unspecified atom stereocenters. The fourth-order valence-corrected chi connectivity index (χ4v) is 1.94. The molecule has 0 aliphatic heterocycles. The van der Waals surface area contributed by atoms with Crippen molar-refractivity contribution in [1.29, 1.82) is 0 Å². The minimum Gasteiger partial charge on any atom is -0.289 e. The number of halogens is 1. The molecule has 0 aliphatic rings. The first-order valence-corrected chi connectivity index (χ1v) is 5.84. The summed E-state index contributed by atoms with van der Waals surface area (Å²) in [5, 5.41) is 0.731. The molecular formula is C15H13ClO. The first-order chi connectivity index (χ1) is 8.09. The Morgan fingerprint density at radius 1 is 0.941 bits per heavy atom. The molecule has 0 saturated heterocycles. The second kappa shape index (κ2) is 4.72. The zero-order valence-electron chi connectivity index (χ0n) is 9.83. The topological polar surface area (TPSA) is 17.1 Å². The van der Waals surface area contributed by atoms with E-state index >= 15 is 0 Å². The van der Waals surface area contributed by atoms with Crippen molar-refractivity contribution in [3.05, 3.63) is 69.7 Å². The molecule has 0 spiro atoms. The maximum atomic E-state index is 12.2.